The van der Waals surface area contributed by atoms with Gasteiger partial charge in [0.25, 0.3) is 5.91 Å². The topological polar surface area (TPSA) is 93.9 Å². The number of benzene rings is 1. The van der Waals surface area contributed by atoms with E-state index in [0.29, 0.717) is 18.8 Å². The van der Waals surface area contributed by atoms with Crippen molar-refractivity contribution in [2.75, 3.05) is 33.9 Å². The summed E-state index contributed by atoms with van der Waals surface area (Å²) in [7, 11) is 2.84. The zero-order valence-electron chi connectivity index (χ0n) is 15.2. The van der Waals surface area contributed by atoms with E-state index in [4.69, 9.17) is 15.2 Å². The third-order valence-corrected chi connectivity index (χ3v) is 4.50. The Morgan fingerprint density at radius 2 is 1.96 bits per heavy atom. The number of halogens is 1. The molecule has 8 heteroatoms. The van der Waals surface area contributed by atoms with E-state index in [2.05, 4.69) is 5.32 Å². The molecule has 7 nitrogen and oxygen atoms in total. The quantitative estimate of drug-likeness (QED) is 0.758. The van der Waals surface area contributed by atoms with E-state index < -0.39 is 11.7 Å². The van der Waals surface area contributed by atoms with Gasteiger partial charge in [0.2, 0.25) is 5.91 Å². The van der Waals surface area contributed by atoms with Crippen molar-refractivity contribution in [2.24, 2.45) is 5.73 Å². The Morgan fingerprint density at radius 3 is 2.62 bits per heavy atom. The smallest absolute Gasteiger partial charge is 0.257 e. The molecule has 2 amide bonds. The van der Waals surface area contributed by atoms with Crippen molar-refractivity contribution in [3.05, 3.63) is 23.5 Å². The zero-order chi connectivity index (χ0) is 19.1. The van der Waals surface area contributed by atoms with E-state index in [9.17, 15) is 14.0 Å². The minimum Gasteiger partial charge on any atom is -0.493 e. The average Bonchev–Trinajstić information content (AvgIpc) is 2.66. The summed E-state index contributed by atoms with van der Waals surface area (Å²) in [5.74, 6) is -0.707. The lowest BCUT2D eigenvalue weighted by Gasteiger charge is -2.36. The number of piperidine rings is 1. The Morgan fingerprint density at radius 1 is 1.27 bits per heavy atom. The molecule has 0 saturated carbocycles. The maximum absolute atomic E-state index is 14.4. The van der Waals surface area contributed by atoms with Gasteiger partial charge in [-0.15, -0.1) is 0 Å². The van der Waals surface area contributed by atoms with Gasteiger partial charge in [0, 0.05) is 38.2 Å². The molecule has 1 atom stereocenters. The number of ether oxygens (including phenoxy) is 2. The number of carbonyl (C=O) groups is 2. The molecule has 144 valence electrons. The molecule has 26 heavy (non-hydrogen) atoms. The Labute approximate surface area is 152 Å². The fraction of sp³-hybridized carbons (Fsp3) is 0.556. The molecule has 1 aromatic carbocycles. The number of carbonyl (C=O) groups excluding carboxylic acids is 2. The first-order valence-electron chi connectivity index (χ1n) is 8.71. The van der Waals surface area contributed by atoms with Gasteiger partial charge >= 0.3 is 0 Å². The van der Waals surface area contributed by atoms with Crippen LogP contribution in [0.25, 0.3) is 0 Å². The van der Waals surface area contributed by atoms with Crippen LogP contribution in [0, 0.1) is 5.82 Å². The third kappa shape index (κ3) is 4.63. The number of nitrogens with zero attached hydrogens (tertiary/aromatic N) is 1. The Balaban J connectivity index is 2.18. The first-order chi connectivity index (χ1) is 12.5. The lowest BCUT2D eigenvalue weighted by Crippen LogP contribution is -2.49. The van der Waals surface area contributed by atoms with Gasteiger partial charge < -0.3 is 25.4 Å². The number of methoxy groups -OCH3 is 2. The minimum absolute atomic E-state index is 0.0668. The van der Waals surface area contributed by atoms with E-state index in [1.165, 1.54) is 20.3 Å². The molecule has 0 bridgehead atoms. The minimum atomic E-state index is -0.663. The Hall–Kier alpha value is -2.35. The molecular formula is C18H26FN3O4. The van der Waals surface area contributed by atoms with Crippen LogP contribution < -0.4 is 20.5 Å². The van der Waals surface area contributed by atoms with Crippen LogP contribution in [0.4, 0.5) is 4.39 Å². The van der Waals surface area contributed by atoms with Crippen molar-refractivity contribution < 1.29 is 23.5 Å². The molecule has 0 aliphatic carbocycles. The van der Waals surface area contributed by atoms with Crippen molar-refractivity contribution in [2.45, 2.75) is 31.7 Å². The lowest BCUT2D eigenvalue weighted by atomic mass is 10.00. The summed E-state index contributed by atoms with van der Waals surface area (Å²) < 4.78 is 24.7. The van der Waals surface area contributed by atoms with Crippen molar-refractivity contribution in [3.63, 3.8) is 0 Å². The number of hydrogen-bond donors (Lipinski definition) is 2. The van der Waals surface area contributed by atoms with E-state index in [-0.39, 0.29) is 36.2 Å². The number of nitrogens with two attached hydrogens (primary N) is 1. The third-order valence-electron chi connectivity index (χ3n) is 4.50. The van der Waals surface area contributed by atoms with Crippen LogP contribution in [0.15, 0.2) is 12.1 Å². The van der Waals surface area contributed by atoms with Gasteiger partial charge in [-0.05, 0) is 25.3 Å². The molecule has 1 unspecified atom stereocenters. The van der Waals surface area contributed by atoms with Gasteiger partial charge in [0.05, 0.1) is 19.8 Å². The summed E-state index contributed by atoms with van der Waals surface area (Å²) in [6.07, 6.45) is 2.79. The highest BCUT2D eigenvalue weighted by Crippen LogP contribution is 2.31. The normalized spacial score (nSPS) is 16.9. The van der Waals surface area contributed by atoms with Gasteiger partial charge in [0.15, 0.2) is 11.5 Å². The summed E-state index contributed by atoms with van der Waals surface area (Å²) in [5.41, 5.74) is 5.30. The monoisotopic (exact) mass is 367 g/mol. The van der Waals surface area contributed by atoms with Crippen LogP contribution in [-0.4, -0.2) is 56.6 Å². The van der Waals surface area contributed by atoms with Gasteiger partial charge in [0.1, 0.15) is 5.82 Å². The number of likely N-dealkylation sites (tertiary alicyclic amines) is 1. The van der Waals surface area contributed by atoms with E-state index in [1.807, 2.05) is 0 Å². The van der Waals surface area contributed by atoms with Gasteiger partial charge in [-0.1, -0.05) is 0 Å². The van der Waals surface area contributed by atoms with Crippen LogP contribution >= 0.6 is 0 Å². The van der Waals surface area contributed by atoms with E-state index in [0.717, 1.165) is 25.3 Å². The summed E-state index contributed by atoms with van der Waals surface area (Å²) in [5, 5.41) is 2.79. The van der Waals surface area contributed by atoms with Crippen molar-refractivity contribution >= 4 is 11.8 Å². The van der Waals surface area contributed by atoms with Crippen LogP contribution in [0.3, 0.4) is 0 Å². The maximum Gasteiger partial charge on any atom is 0.257 e. The number of amides is 2. The second-order valence-electron chi connectivity index (χ2n) is 6.18. The molecule has 1 fully saturated rings. The molecule has 1 heterocycles. The Kier molecular flexibility index (Phi) is 7.20. The molecular weight excluding hydrogens is 341 g/mol. The predicted octanol–water partition coefficient (Wildman–Crippen LogP) is 1.30. The average molecular weight is 367 g/mol. The van der Waals surface area contributed by atoms with Crippen LogP contribution in [0.2, 0.25) is 0 Å². The second-order valence-corrected chi connectivity index (χ2v) is 6.18. The van der Waals surface area contributed by atoms with Crippen LogP contribution in [0.5, 0.6) is 11.5 Å². The first kappa shape index (κ1) is 20.0. The van der Waals surface area contributed by atoms with Crippen LogP contribution in [-0.2, 0) is 4.79 Å². The van der Waals surface area contributed by atoms with Crippen molar-refractivity contribution in [3.8, 4) is 11.5 Å². The Bertz CT molecular complexity index is 654. The largest absolute Gasteiger partial charge is 0.493 e. The molecule has 2 rings (SSSR count). The van der Waals surface area contributed by atoms with Gasteiger partial charge in [-0.25, -0.2) is 4.39 Å². The number of rotatable bonds is 7. The summed E-state index contributed by atoms with van der Waals surface area (Å²) in [6, 6.07) is 2.33. The molecule has 3 N–H and O–H groups in total. The zero-order valence-corrected chi connectivity index (χ0v) is 15.2. The molecule has 1 aliphatic rings. The van der Waals surface area contributed by atoms with Crippen molar-refractivity contribution in [1.29, 1.82) is 0 Å². The second kappa shape index (κ2) is 9.38. The highest BCUT2D eigenvalue weighted by atomic mass is 19.1. The van der Waals surface area contributed by atoms with Crippen LogP contribution in [0.1, 0.15) is 36.0 Å². The summed E-state index contributed by atoms with van der Waals surface area (Å²) >= 11 is 0. The molecule has 1 saturated heterocycles. The standard InChI is InChI=1S/C18H26FN3O4/c1-25-15-9-13(14(19)10-16(15)26-2)18(24)22-8-4-3-5-12(22)11-21-17(23)6-7-20/h9-10,12H,3-8,11,20H2,1-2H3,(H,21,23). The van der Waals surface area contributed by atoms with E-state index >= 15 is 0 Å². The number of nitrogens with one attached hydrogen (secondary N) is 1. The molecule has 0 spiro atoms. The van der Waals surface area contributed by atoms with Crippen molar-refractivity contribution in [1.82, 2.24) is 10.2 Å². The lowest BCUT2D eigenvalue weighted by molar-refractivity contribution is -0.121. The SMILES string of the molecule is COc1cc(F)c(C(=O)N2CCCCC2CNC(=O)CCN)cc1OC. The summed E-state index contributed by atoms with van der Waals surface area (Å²) in [4.78, 5) is 26.2. The molecule has 1 aliphatic heterocycles. The fourth-order valence-electron chi connectivity index (χ4n) is 3.10. The number of hydrogen-bond acceptors (Lipinski definition) is 5. The van der Waals surface area contributed by atoms with Gasteiger partial charge in [-0.2, -0.15) is 0 Å². The van der Waals surface area contributed by atoms with Gasteiger partial charge in [-0.3, -0.25) is 9.59 Å². The van der Waals surface area contributed by atoms with E-state index in [1.54, 1.807) is 4.90 Å². The molecule has 0 aromatic heterocycles. The highest BCUT2D eigenvalue weighted by Gasteiger charge is 2.30. The summed E-state index contributed by atoms with van der Waals surface area (Å²) in [6.45, 7) is 1.12. The predicted molar refractivity (Wildman–Crippen MR) is 94.9 cm³/mol. The molecule has 1 aromatic rings. The highest BCUT2D eigenvalue weighted by molar-refractivity contribution is 5.95. The first-order valence-corrected chi connectivity index (χ1v) is 8.71. The molecule has 0 radical (unpaired) electrons. The maximum atomic E-state index is 14.4. The fourth-order valence-corrected chi connectivity index (χ4v) is 3.10.